The minimum Gasteiger partial charge on any atom is -0.460 e. The van der Waals surface area contributed by atoms with Crippen molar-refractivity contribution >= 4 is 5.91 Å². The molecule has 1 aromatic carbocycles. The highest BCUT2D eigenvalue weighted by atomic mass is 16.5. The summed E-state index contributed by atoms with van der Waals surface area (Å²) in [6, 6.07) is 10.4. The molecule has 6 nitrogen and oxygen atoms in total. The maximum Gasteiger partial charge on any atom is 0.316 e. The van der Waals surface area contributed by atoms with E-state index >= 15 is 0 Å². The average molecular weight is 381 g/mol. The summed E-state index contributed by atoms with van der Waals surface area (Å²) in [6.07, 6.45) is 7.27. The van der Waals surface area contributed by atoms with Crippen molar-refractivity contribution in [1.29, 1.82) is 0 Å². The molecule has 1 atom stereocenters. The third kappa shape index (κ3) is 4.50. The predicted molar refractivity (Wildman–Crippen MR) is 105 cm³/mol. The molecular weight excluding hydrogens is 354 g/mol. The number of rotatable bonds is 4. The van der Waals surface area contributed by atoms with Crippen molar-refractivity contribution in [2.75, 3.05) is 19.7 Å². The number of hydrogen-bond donors (Lipinski definition) is 0. The first-order valence-electron chi connectivity index (χ1n) is 10.0. The highest BCUT2D eigenvalue weighted by molar-refractivity contribution is 5.79. The van der Waals surface area contributed by atoms with Crippen LogP contribution in [-0.2, 0) is 16.0 Å². The summed E-state index contributed by atoms with van der Waals surface area (Å²) >= 11 is 0. The van der Waals surface area contributed by atoms with E-state index in [2.05, 4.69) is 29.0 Å². The van der Waals surface area contributed by atoms with Gasteiger partial charge in [-0.15, -0.1) is 0 Å². The van der Waals surface area contributed by atoms with Gasteiger partial charge in [0.25, 0.3) is 0 Å². The summed E-state index contributed by atoms with van der Waals surface area (Å²) in [5, 5.41) is 0. The molecule has 0 bridgehead atoms. The number of nitrogens with zero attached hydrogens (tertiary/aromatic N) is 3. The molecule has 0 radical (unpaired) electrons. The smallest absolute Gasteiger partial charge is 0.316 e. The van der Waals surface area contributed by atoms with E-state index < -0.39 is 0 Å². The maximum absolute atomic E-state index is 12.7. The van der Waals surface area contributed by atoms with Crippen LogP contribution in [0.5, 0.6) is 6.01 Å². The zero-order valence-corrected chi connectivity index (χ0v) is 16.3. The Bertz CT molecular complexity index is 804. The number of likely N-dealkylation sites (tertiary alicyclic amines) is 1. The minimum atomic E-state index is -0.197. The molecular formula is C22H27N3O3. The third-order valence-corrected chi connectivity index (χ3v) is 5.73. The van der Waals surface area contributed by atoms with Crippen molar-refractivity contribution in [3.8, 4) is 6.01 Å². The van der Waals surface area contributed by atoms with Crippen LogP contribution in [-0.4, -0.2) is 52.2 Å². The Hall–Kier alpha value is -2.47. The van der Waals surface area contributed by atoms with Crippen LogP contribution in [0.25, 0.3) is 0 Å². The number of aromatic nitrogens is 2. The number of carbonyl (C=O) groups excluding carboxylic acids is 1. The fraction of sp³-hybridized carbons (Fsp3) is 0.500. The lowest BCUT2D eigenvalue weighted by molar-refractivity contribution is -0.151. The maximum atomic E-state index is 12.7. The number of piperidine rings is 1. The minimum absolute atomic E-state index is 0.0608. The van der Waals surface area contributed by atoms with Crippen LogP contribution < -0.4 is 4.74 Å². The van der Waals surface area contributed by atoms with Gasteiger partial charge < -0.3 is 14.4 Å². The molecule has 1 spiro atoms. The van der Waals surface area contributed by atoms with Gasteiger partial charge in [0, 0.05) is 38.3 Å². The molecule has 0 saturated carbocycles. The molecule has 2 aliphatic rings. The van der Waals surface area contributed by atoms with E-state index in [-0.39, 0.29) is 17.6 Å². The lowest BCUT2D eigenvalue weighted by Crippen LogP contribution is -2.52. The van der Waals surface area contributed by atoms with Crippen LogP contribution in [0.3, 0.4) is 0 Å². The Balaban J connectivity index is 1.31. The molecule has 2 aliphatic heterocycles. The van der Waals surface area contributed by atoms with E-state index in [1.54, 1.807) is 18.5 Å². The first-order chi connectivity index (χ1) is 13.6. The van der Waals surface area contributed by atoms with Crippen molar-refractivity contribution in [1.82, 2.24) is 14.9 Å². The van der Waals surface area contributed by atoms with Crippen LogP contribution in [0.2, 0.25) is 0 Å². The Labute approximate surface area is 165 Å². The zero-order valence-electron chi connectivity index (χ0n) is 16.3. The van der Waals surface area contributed by atoms with Crippen molar-refractivity contribution in [2.45, 2.75) is 50.7 Å². The molecule has 6 heteroatoms. The molecule has 2 saturated heterocycles. The van der Waals surface area contributed by atoms with Crippen molar-refractivity contribution in [3.05, 3.63) is 53.9 Å². The summed E-state index contributed by atoms with van der Waals surface area (Å²) in [4.78, 5) is 23.0. The summed E-state index contributed by atoms with van der Waals surface area (Å²) in [6.45, 7) is 4.20. The second kappa shape index (κ2) is 8.27. The standard InChI is InChI=1S/C22H27N3O3/c1-17-4-2-5-18(14-17)15-20(26)25-11-7-22(8-12-25)16-19(6-13-27-22)28-21-23-9-3-10-24-21/h2-5,9-10,14,19H,6-8,11-13,15-16H2,1H3. The molecule has 4 rings (SSSR count). The van der Waals surface area contributed by atoms with Crippen LogP contribution in [0.4, 0.5) is 0 Å². The molecule has 1 aromatic heterocycles. The zero-order chi connectivity index (χ0) is 19.4. The van der Waals surface area contributed by atoms with Crippen molar-refractivity contribution < 1.29 is 14.3 Å². The quantitative estimate of drug-likeness (QED) is 0.815. The Morgan fingerprint density at radius 3 is 2.79 bits per heavy atom. The lowest BCUT2D eigenvalue weighted by atomic mass is 9.83. The molecule has 2 fully saturated rings. The number of hydrogen-bond acceptors (Lipinski definition) is 5. The van der Waals surface area contributed by atoms with Gasteiger partial charge in [-0.25, -0.2) is 9.97 Å². The molecule has 2 aromatic rings. The van der Waals surface area contributed by atoms with E-state index in [1.807, 2.05) is 17.0 Å². The molecule has 0 N–H and O–H groups in total. The Kier molecular flexibility index (Phi) is 5.57. The number of carbonyl (C=O) groups is 1. The molecule has 1 unspecified atom stereocenters. The predicted octanol–water partition coefficient (Wildman–Crippen LogP) is 2.95. The Morgan fingerprint density at radius 2 is 2.04 bits per heavy atom. The summed E-state index contributed by atoms with van der Waals surface area (Å²) in [5.74, 6) is 0.196. The monoisotopic (exact) mass is 381 g/mol. The van der Waals surface area contributed by atoms with Gasteiger partial charge in [-0.2, -0.15) is 0 Å². The highest BCUT2D eigenvalue weighted by Gasteiger charge is 2.42. The number of benzene rings is 1. The van der Waals surface area contributed by atoms with Gasteiger partial charge in [0.2, 0.25) is 5.91 Å². The second-order valence-electron chi connectivity index (χ2n) is 7.84. The van der Waals surface area contributed by atoms with Gasteiger partial charge in [0.15, 0.2) is 0 Å². The van der Waals surface area contributed by atoms with E-state index in [1.165, 1.54) is 5.56 Å². The van der Waals surface area contributed by atoms with Crippen LogP contribution in [0, 0.1) is 6.92 Å². The second-order valence-corrected chi connectivity index (χ2v) is 7.84. The van der Waals surface area contributed by atoms with E-state index in [4.69, 9.17) is 9.47 Å². The van der Waals surface area contributed by atoms with E-state index in [9.17, 15) is 4.79 Å². The van der Waals surface area contributed by atoms with Gasteiger partial charge in [-0.05, 0) is 31.4 Å². The van der Waals surface area contributed by atoms with Gasteiger partial charge >= 0.3 is 6.01 Å². The third-order valence-electron chi connectivity index (χ3n) is 5.73. The number of aryl methyl sites for hydroxylation is 1. The molecule has 3 heterocycles. The SMILES string of the molecule is Cc1cccc(CC(=O)N2CCC3(CC2)CC(Oc2ncccn2)CCO3)c1. The van der Waals surface area contributed by atoms with E-state index in [0.29, 0.717) is 19.0 Å². The fourth-order valence-electron chi connectivity index (χ4n) is 4.20. The normalized spacial score (nSPS) is 21.5. The highest BCUT2D eigenvalue weighted by Crippen LogP contribution is 2.36. The van der Waals surface area contributed by atoms with E-state index in [0.717, 1.165) is 44.3 Å². The van der Waals surface area contributed by atoms with Crippen LogP contribution in [0.1, 0.15) is 36.8 Å². The summed E-state index contributed by atoms with van der Waals surface area (Å²) < 4.78 is 12.1. The van der Waals surface area contributed by atoms with Crippen molar-refractivity contribution in [2.24, 2.45) is 0 Å². The molecule has 1 amide bonds. The number of ether oxygens (including phenoxy) is 2. The summed E-state index contributed by atoms with van der Waals surface area (Å²) in [5.41, 5.74) is 2.07. The fourth-order valence-corrected chi connectivity index (χ4v) is 4.20. The van der Waals surface area contributed by atoms with Crippen molar-refractivity contribution in [3.63, 3.8) is 0 Å². The molecule has 28 heavy (non-hydrogen) atoms. The van der Waals surface area contributed by atoms with Crippen LogP contribution >= 0.6 is 0 Å². The van der Waals surface area contributed by atoms with Gasteiger partial charge in [-0.3, -0.25) is 4.79 Å². The number of amides is 1. The Morgan fingerprint density at radius 1 is 1.25 bits per heavy atom. The van der Waals surface area contributed by atoms with Gasteiger partial charge in [-0.1, -0.05) is 29.8 Å². The first-order valence-corrected chi connectivity index (χ1v) is 10.0. The van der Waals surface area contributed by atoms with Gasteiger partial charge in [0.05, 0.1) is 18.6 Å². The average Bonchev–Trinajstić information content (AvgIpc) is 2.69. The van der Waals surface area contributed by atoms with Gasteiger partial charge in [0.1, 0.15) is 6.10 Å². The topological polar surface area (TPSA) is 64.6 Å². The van der Waals surface area contributed by atoms with Crippen LogP contribution in [0.15, 0.2) is 42.7 Å². The molecule has 0 aliphatic carbocycles. The molecule has 148 valence electrons. The summed E-state index contributed by atoms with van der Waals surface area (Å²) in [7, 11) is 0. The first kappa shape index (κ1) is 18.9. The lowest BCUT2D eigenvalue weighted by Gasteiger charge is -2.45. The largest absolute Gasteiger partial charge is 0.460 e.